The van der Waals surface area contributed by atoms with Crippen LogP contribution in [0.25, 0.3) is 10.9 Å². The summed E-state index contributed by atoms with van der Waals surface area (Å²) in [4.78, 5) is 42.4. The average Bonchev–Trinajstić information content (AvgIpc) is 3.18. The molecule has 0 aliphatic heterocycles. The van der Waals surface area contributed by atoms with E-state index in [1.165, 1.54) is 17.9 Å². The first-order chi connectivity index (χ1) is 18.3. The number of aromatic nitrogens is 3. The van der Waals surface area contributed by atoms with E-state index >= 15 is 0 Å². The van der Waals surface area contributed by atoms with E-state index in [4.69, 9.17) is 5.73 Å². The topological polar surface area (TPSA) is 123 Å². The number of rotatable bonds is 6. The van der Waals surface area contributed by atoms with Crippen molar-refractivity contribution in [2.24, 2.45) is 5.73 Å². The van der Waals surface area contributed by atoms with Crippen LogP contribution < -0.4 is 11.1 Å². The van der Waals surface area contributed by atoms with Crippen LogP contribution in [0.5, 0.6) is 0 Å². The molecule has 0 aliphatic carbocycles. The molecule has 0 fully saturated rings. The number of nitrogens with two attached hydrogens (primary N) is 1. The second-order valence-electron chi connectivity index (χ2n) is 8.90. The minimum atomic E-state index is -4.91. The Bertz CT molecular complexity index is 1610. The van der Waals surface area contributed by atoms with Crippen LogP contribution in [0.2, 0.25) is 0 Å². The predicted octanol–water partition coefficient (Wildman–Crippen LogP) is 4.00. The number of fused-ring (bicyclic) bond motifs is 1. The van der Waals surface area contributed by atoms with Gasteiger partial charge in [-0.1, -0.05) is 12.1 Å². The molecule has 0 saturated carbocycles. The molecule has 0 aliphatic rings. The van der Waals surface area contributed by atoms with E-state index in [0.717, 1.165) is 22.9 Å². The van der Waals surface area contributed by atoms with Gasteiger partial charge in [0.2, 0.25) is 0 Å². The van der Waals surface area contributed by atoms with Gasteiger partial charge in [0.25, 0.3) is 17.7 Å². The van der Waals surface area contributed by atoms with Crippen LogP contribution in [0, 0.1) is 12.7 Å². The standard InChI is InChI=1S/C26H22F4N6O3/c1-13-21(33-24(38)18-11-20(23(31)37)32-19-10-16(27)8-9-17(18)19)22(26(28,29)30)34-36(13)12-14-4-6-15(7-5-14)25(39)35(2)3/h4-11H,12H2,1-3H3,(H2,31,37)(H,33,38). The molecule has 0 bridgehead atoms. The second-order valence-corrected chi connectivity index (χ2v) is 8.90. The van der Waals surface area contributed by atoms with Gasteiger partial charge in [0.15, 0.2) is 5.69 Å². The molecular formula is C26H22F4N6O3. The Morgan fingerprint density at radius 1 is 1.05 bits per heavy atom. The van der Waals surface area contributed by atoms with E-state index in [1.807, 2.05) is 0 Å². The van der Waals surface area contributed by atoms with E-state index in [9.17, 15) is 31.9 Å². The first-order valence-corrected chi connectivity index (χ1v) is 11.4. The normalized spacial score (nSPS) is 11.5. The van der Waals surface area contributed by atoms with Gasteiger partial charge in [-0.25, -0.2) is 9.37 Å². The van der Waals surface area contributed by atoms with Crippen LogP contribution in [0.3, 0.4) is 0 Å². The number of pyridine rings is 1. The molecule has 0 spiro atoms. The van der Waals surface area contributed by atoms with Crippen LogP contribution in [0.4, 0.5) is 23.2 Å². The zero-order valence-corrected chi connectivity index (χ0v) is 20.9. The summed E-state index contributed by atoms with van der Waals surface area (Å²) < 4.78 is 56.6. The fraction of sp³-hybridized carbons (Fsp3) is 0.192. The molecule has 9 nitrogen and oxygen atoms in total. The third-order valence-electron chi connectivity index (χ3n) is 5.92. The van der Waals surface area contributed by atoms with E-state index in [0.29, 0.717) is 11.1 Å². The zero-order chi connectivity index (χ0) is 28.6. The first kappa shape index (κ1) is 27.2. The molecule has 4 rings (SSSR count). The van der Waals surface area contributed by atoms with Gasteiger partial charge in [-0.05, 0) is 42.8 Å². The monoisotopic (exact) mass is 542 g/mol. The summed E-state index contributed by atoms with van der Waals surface area (Å²) in [7, 11) is 3.19. The number of benzene rings is 2. The van der Waals surface area contributed by atoms with Crippen LogP contribution in [-0.4, -0.2) is 51.5 Å². The van der Waals surface area contributed by atoms with E-state index in [2.05, 4.69) is 15.4 Å². The number of nitrogens with one attached hydrogen (secondary N) is 1. The van der Waals surface area contributed by atoms with Gasteiger partial charge < -0.3 is 16.0 Å². The maximum Gasteiger partial charge on any atom is 0.437 e. The highest BCUT2D eigenvalue weighted by molar-refractivity contribution is 6.14. The minimum Gasteiger partial charge on any atom is -0.364 e. The van der Waals surface area contributed by atoms with Gasteiger partial charge in [-0.15, -0.1) is 0 Å². The van der Waals surface area contributed by atoms with Crippen LogP contribution in [-0.2, 0) is 12.7 Å². The molecule has 0 saturated heterocycles. The van der Waals surface area contributed by atoms with Crippen LogP contribution in [0.1, 0.15) is 48.2 Å². The highest BCUT2D eigenvalue weighted by Gasteiger charge is 2.39. The molecular weight excluding hydrogens is 520 g/mol. The van der Waals surface area contributed by atoms with Crippen molar-refractivity contribution in [3.63, 3.8) is 0 Å². The highest BCUT2D eigenvalue weighted by Crippen LogP contribution is 2.36. The molecule has 0 unspecified atom stereocenters. The summed E-state index contributed by atoms with van der Waals surface area (Å²) in [5.41, 5.74) is 3.68. The fourth-order valence-electron chi connectivity index (χ4n) is 3.93. The molecule has 0 atom stereocenters. The number of amides is 3. The Balaban J connectivity index is 1.72. The van der Waals surface area contributed by atoms with Gasteiger partial charge in [-0.3, -0.25) is 19.1 Å². The summed E-state index contributed by atoms with van der Waals surface area (Å²) in [5, 5.41) is 6.05. The van der Waals surface area contributed by atoms with Crippen molar-refractivity contribution in [1.29, 1.82) is 0 Å². The zero-order valence-electron chi connectivity index (χ0n) is 20.9. The number of carbonyl (C=O) groups excluding carboxylic acids is 3. The largest absolute Gasteiger partial charge is 0.437 e. The number of alkyl halides is 3. The van der Waals surface area contributed by atoms with Crippen LogP contribution in [0.15, 0.2) is 48.5 Å². The smallest absolute Gasteiger partial charge is 0.364 e. The predicted molar refractivity (Wildman–Crippen MR) is 134 cm³/mol. The molecule has 4 aromatic rings. The number of halogens is 4. The lowest BCUT2D eigenvalue weighted by Gasteiger charge is -2.12. The van der Waals surface area contributed by atoms with E-state index in [-0.39, 0.29) is 40.3 Å². The van der Waals surface area contributed by atoms with Crippen molar-refractivity contribution in [2.45, 2.75) is 19.6 Å². The molecule has 39 heavy (non-hydrogen) atoms. The van der Waals surface area contributed by atoms with Gasteiger partial charge in [0.05, 0.1) is 29.0 Å². The van der Waals surface area contributed by atoms with Crippen molar-refractivity contribution in [3.8, 4) is 0 Å². The second kappa shape index (κ2) is 10.2. The van der Waals surface area contributed by atoms with Gasteiger partial charge in [-0.2, -0.15) is 18.3 Å². The third kappa shape index (κ3) is 5.56. The number of hydrogen-bond acceptors (Lipinski definition) is 5. The highest BCUT2D eigenvalue weighted by atomic mass is 19.4. The lowest BCUT2D eigenvalue weighted by atomic mass is 10.1. The first-order valence-electron chi connectivity index (χ1n) is 11.4. The van der Waals surface area contributed by atoms with Gasteiger partial charge in [0.1, 0.15) is 11.5 Å². The molecule has 2 heterocycles. The summed E-state index contributed by atoms with van der Waals surface area (Å²) in [6, 6.07) is 10.6. The average molecular weight is 542 g/mol. The quantitative estimate of drug-likeness (QED) is 0.357. The summed E-state index contributed by atoms with van der Waals surface area (Å²) >= 11 is 0. The van der Waals surface area contributed by atoms with Crippen molar-refractivity contribution in [3.05, 3.63) is 88.1 Å². The van der Waals surface area contributed by atoms with Crippen molar-refractivity contribution < 1.29 is 31.9 Å². The SMILES string of the molecule is Cc1c(NC(=O)c2cc(C(N)=O)nc3cc(F)ccc23)c(C(F)(F)F)nn1Cc1ccc(C(=O)N(C)C)cc1. The van der Waals surface area contributed by atoms with Crippen molar-refractivity contribution in [2.75, 3.05) is 19.4 Å². The lowest BCUT2D eigenvalue weighted by Crippen LogP contribution is -2.21. The molecule has 3 amide bonds. The third-order valence-corrected chi connectivity index (χ3v) is 5.92. The summed E-state index contributed by atoms with van der Waals surface area (Å²) in [6.45, 7) is 1.28. The lowest BCUT2D eigenvalue weighted by molar-refractivity contribution is -0.140. The van der Waals surface area contributed by atoms with E-state index in [1.54, 1.807) is 38.4 Å². The Labute approximate surface area is 219 Å². The number of hydrogen-bond donors (Lipinski definition) is 2. The Morgan fingerprint density at radius 2 is 1.72 bits per heavy atom. The number of nitrogens with zero attached hydrogens (tertiary/aromatic N) is 4. The number of carbonyl (C=O) groups is 3. The van der Waals surface area contributed by atoms with Crippen molar-refractivity contribution >= 4 is 34.3 Å². The minimum absolute atomic E-state index is 0.00338. The Kier molecular flexibility index (Phi) is 7.09. The number of anilines is 1. The molecule has 2 aromatic heterocycles. The Morgan fingerprint density at radius 3 is 2.31 bits per heavy atom. The molecule has 13 heteroatoms. The Hall–Kier alpha value is -4.81. The maximum atomic E-state index is 13.9. The summed E-state index contributed by atoms with van der Waals surface area (Å²) in [6.07, 6.45) is -4.91. The molecule has 2 aromatic carbocycles. The molecule has 3 N–H and O–H groups in total. The summed E-state index contributed by atoms with van der Waals surface area (Å²) in [5.74, 6) is -2.93. The van der Waals surface area contributed by atoms with Crippen molar-refractivity contribution in [1.82, 2.24) is 19.7 Å². The maximum absolute atomic E-state index is 13.9. The fourth-order valence-corrected chi connectivity index (χ4v) is 3.93. The number of primary amides is 1. The van der Waals surface area contributed by atoms with Gasteiger partial charge in [0, 0.05) is 31.1 Å². The van der Waals surface area contributed by atoms with Crippen LogP contribution >= 0.6 is 0 Å². The van der Waals surface area contributed by atoms with Gasteiger partial charge >= 0.3 is 6.18 Å². The van der Waals surface area contributed by atoms with E-state index < -0.39 is 35.2 Å². The molecule has 0 radical (unpaired) electrons. The molecule has 202 valence electrons.